The standard InChI is InChI=1S/C14H19N3O/c1-4-14(15,5-2)13-16-12(18-17-13)11-8-6-7-10(3)9-11/h6-9H,4-5,15H2,1-3H3. The number of hydrogen-bond acceptors (Lipinski definition) is 4. The number of benzene rings is 1. The number of rotatable bonds is 4. The highest BCUT2D eigenvalue weighted by atomic mass is 16.5. The summed E-state index contributed by atoms with van der Waals surface area (Å²) >= 11 is 0. The lowest BCUT2D eigenvalue weighted by Gasteiger charge is -2.21. The van der Waals surface area contributed by atoms with Crippen molar-refractivity contribution in [1.82, 2.24) is 10.1 Å². The molecule has 18 heavy (non-hydrogen) atoms. The smallest absolute Gasteiger partial charge is 0.257 e. The van der Waals surface area contributed by atoms with E-state index in [9.17, 15) is 0 Å². The van der Waals surface area contributed by atoms with E-state index in [4.69, 9.17) is 10.3 Å². The fourth-order valence-corrected chi connectivity index (χ4v) is 1.89. The van der Waals surface area contributed by atoms with Crippen LogP contribution in [0, 0.1) is 6.92 Å². The van der Waals surface area contributed by atoms with Crippen LogP contribution in [-0.2, 0) is 5.54 Å². The van der Waals surface area contributed by atoms with Crippen LogP contribution >= 0.6 is 0 Å². The van der Waals surface area contributed by atoms with Crippen molar-refractivity contribution in [1.29, 1.82) is 0 Å². The quantitative estimate of drug-likeness (QED) is 0.899. The molecule has 4 heteroatoms. The molecule has 4 nitrogen and oxygen atoms in total. The summed E-state index contributed by atoms with van der Waals surface area (Å²) in [6.07, 6.45) is 1.58. The molecule has 0 aliphatic heterocycles. The Kier molecular flexibility index (Phi) is 3.48. The van der Waals surface area contributed by atoms with Gasteiger partial charge in [0.05, 0.1) is 5.54 Å². The molecule has 96 valence electrons. The summed E-state index contributed by atoms with van der Waals surface area (Å²) in [4.78, 5) is 4.43. The van der Waals surface area contributed by atoms with Gasteiger partial charge in [-0.05, 0) is 31.9 Å². The van der Waals surface area contributed by atoms with Gasteiger partial charge in [0, 0.05) is 5.56 Å². The van der Waals surface area contributed by atoms with Crippen LogP contribution in [0.2, 0.25) is 0 Å². The minimum atomic E-state index is -0.494. The van der Waals surface area contributed by atoms with E-state index in [0.717, 1.165) is 24.0 Å². The van der Waals surface area contributed by atoms with Gasteiger partial charge in [0.25, 0.3) is 5.89 Å². The Balaban J connectivity index is 2.36. The second-order valence-electron chi connectivity index (χ2n) is 4.66. The van der Waals surface area contributed by atoms with Crippen molar-refractivity contribution in [2.45, 2.75) is 39.2 Å². The predicted octanol–water partition coefficient (Wildman–Crippen LogP) is 3.02. The molecule has 0 aliphatic rings. The van der Waals surface area contributed by atoms with Crippen molar-refractivity contribution in [3.63, 3.8) is 0 Å². The van der Waals surface area contributed by atoms with Crippen LogP contribution in [0.5, 0.6) is 0 Å². The van der Waals surface area contributed by atoms with E-state index in [1.807, 2.05) is 45.0 Å². The van der Waals surface area contributed by atoms with Gasteiger partial charge in [0.2, 0.25) is 0 Å². The van der Waals surface area contributed by atoms with Crippen LogP contribution < -0.4 is 5.73 Å². The molecule has 0 spiro atoms. The van der Waals surface area contributed by atoms with Crippen LogP contribution in [0.4, 0.5) is 0 Å². The Labute approximate surface area is 107 Å². The van der Waals surface area contributed by atoms with E-state index >= 15 is 0 Å². The van der Waals surface area contributed by atoms with Gasteiger partial charge >= 0.3 is 0 Å². The predicted molar refractivity (Wildman–Crippen MR) is 70.9 cm³/mol. The van der Waals surface area contributed by atoms with Crippen molar-refractivity contribution < 1.29 is 4.52 Å². The lowest BCUT2D eigenvalue weighted by Crippen LogP contribution is -2.36. The van der Waals surface area contributed by atoms with Crippen molar-refractivity contribution in [3.05, 3.63) is 35.7 Å². The first kappa shape index (κ1) is 12.8. The summed E-state index contributed by atoms with van der Waals surface area (Å²) in [5.74, 6) is 1.12. The lowest BCUT2D eigenvalue weighted by molar-refractivity contribution is 0.350. The summed E-state index contributed by atoms with van der Waals surface area (Å²) in [5, 5.41) is 4.02. The average Bonchev–Trinajstić information content (AvgIpc) is 2.88. The van der Waals surface area contributed by atoms with Crippen LogP contribution in [0.3, 0.4) is 0 Å². The molecular formula is C14H19N3O. The Morgan fingerprint density at radius 2 is 2.00 bits per heavy atom. The molecule has 0 atom stereocenters. The van der Waals surface area contributed by atoms with E-state index in [1.165, 1.54) is 0 Å². The monoisotopic (exact) mass is 245 g/mol. The summed E-state index contributed by atoms with van der Waals surface area (Å²) in [7, 11) is 0. The normalized spacial score (nSPS) is 11.8. The fraction of sp³-hybridized carbons (Fsp3) is 0.429. The van der Waals surface area contributed by atoms with Gasteiger partial charge in [0.1, 0.15) is 0 Å². The highest BCUT2D eigenvalue weighted by Gasteiger charge is 2.29. The maximum absolute atomic E-state index is 6.25. The zero-order valence-electron chi connectivity index (χ0n) is 11.1. The molecular weight excluding hydrogens is 226 g/mol. The Morgan fingerprint density at radius 1 is 1.28 bits per heavy atom. The first-order valence-corrected chi connectivity index (χ1v) is 6.29. The third-order valence-corrected chi connectivity index (χ3v) is 3.40. The van der Waals surface area contributed by atoms with Gasteiger partial charge in [-0.25, -0.2) is 0 Å². The molecule has 2 rings (SSSR count). The van der Waals surface area contributed by atoms with Crippen molar-refractivity contribution in [3.8, 4) is 11.5 Å². The Bertz CT molecular complexity index is 529. The Morgan fingerprint density at radius 3 is 2.61 bits per heavy atom. The summed E-state index contributed by atoms with van der Waals surface area (Å²) in [5.41, 5.74) is 7.86. The number of nitrogens with two attached hydrogens (primary N) is 1. The van der Waals surface area contributed by atoms with Gasteiger partial charge in [-0.1, -0.05) is 36.7 Å². The molecule has 0 fully saturated rings. The molecule has 1 heterocycles. The number of aromatic nitrogens is 2. The van der Waals surface area contributed by atoms with Gasteiger partial charge in [-0.3, -0.25) is 0 Å². The van der Waals surface area contributed by atoms with Gasteiger partial charge in [-0.15, -0.1) is 0 Å². The van der Waals surface area contributed by atoms with Crippen LogP contribution in [-0.4, -0.2) is 10.1 Å². The van der Waals surface area contributed by atoms with E-state index in [1.54, 1.807) is 0 Å². The summed E-state index contributed by atoms with van der Waals surface area (Å²) < 4.78 is 5.31. The topological polar surface area (TPSA) is 64.9 Å². The number of hydrogen-bond donors (Lipinski definition) is 1. The molecule has 0 aliphatic carbocycles. The van der Waals surface area contributed by atoms with Crippen LogP contribution in [0.1, 0.15) is 38.1 Å². The lowest BCUT2D eigenvalue weighted by atomic mass is 9.93. The molecule has 1 aromatic heterocycles. The first-order chi connectivity index (χ1) is 8.59. The summed E-state index contributed by atoms with van der Waals surface area (Å²) in [6, 6.07) is 7.99. The molecule has 2 aromatic rings. The molecule has 0 unspecified atom stereocenters. The molecule has 1 aromatic carbocycles. The summed E-state index contributed by atoms with van der Waals surface area (Å²) in [6.45, 7) is 6.10. The SMILES string of the molecule is CCC(N)(CC)c1noc(-c2cccc(C)c2)n1. The maximum Gasteiger partial charge on any atom is 0.257 e. The second-order valence-corrected chi connectivity index (χ2v) is 4.66. The molecule has 0 bridgehead atoms. The molecule has 0 saturated carbocycles. The second kappa shape index (κ2) is 4.90. The van der Waals surface area contributed by atoms with Crippen LogP contribution in [0.15, 0.2) is 28.8 Å². The minimum Gasteiger partial charge on any atom is -0.334 e. The average molecular weight is 245 g/mol. The number of aryl methyl sites for hydroxylation is 1. The molecule has 0 amide bonds. The molecule has 2 N–H and O–H groups in total. The van der Waals surface area contributed by atoms with E-state index in [2.05, 4.69) is 10.1 Å². The number of nitrogens with zero attached hydrogens (tertiary/aromatic N) is 2. The highest BCUT2D eigenvalue weighted by molar-refractivity contribution is 5.53. The molecule has 0 radical (unpaired) electrons. The third kappa shape index (κ3) is 2.29. The van der Waals surface area contributed by atoms with Gasteiger partial charge in [0.15, 0.2) is 5.82 Å². The zero-order chi connectivity index (χ0) is 13.2. The van der Waals surface area contributed by atoms with Gasteiger partial charge < -0.3 is 10.3 Å². The van der Waals surface area contributed by atoms with Crippen molar-refractivity contribution >= 4 is 0 Å². The first-order valence-electron chi connectivity index (χ1n) is 6.29. The maximum atomic E-state index is 6.25. The minimum absolute atomic E-state index is 0.494. The van der Waals surface area contributed by atoms with Crippen LogP contribution in [0.25, 0.3) is 11.5 Å². The molecule has 0 saturated heterocycles. The van der Waals surface area contributed by atoms with Gasteiger partial charge in [-0.2, -0.15) is 4.98 Å². The Hall–Kier alpha value is -1.68. The van der Waals surface area contributed by atoms with E-state index in [0.29, 0.717) is 11.7 Å². The highest BCUT2D eigenvalue weighted by Crippen LogP contribution is 2.26. The van der Waals surface area contributed by atoms with Crippen molar-refractivity contribution in [2.75, 3.05) is 0 Å². The largest absolute Gasteiger partial charge is 0.334 e. The van der Waals surface area contributed by atoms with Crippen molar-refractivity contribution in [2.24, 2.45) is 5.73 Å². The van der Waals surface area contributed by atoms with E-state index in [-0.39, 0.29) is 0 Å². The van der Waals surface area contributed by atoms with E-state index < -0.39 is 5.54 Å². The zero-order valence-corrected chi connectivity index (χ0v) is 11.1. The fourth-order valence-electron chi connectivity index (χ4n) is 1.89. The third-order valence-electron chi connectivity index (χ3n) is 3.40.